The van der Waals surface area contributed by atoms with Crippen LogP contribution in [-0.2, 0) is 9.53 Å². The van der Waals surface area contributed by atoms with E-state index >= 15 is 0 Å². The standard InChI is InChI=1S/C14H21NO3/c1-4-13(14(16)17-5-2)18-12-8-6-7-11(9-12)10(3)15/h6-10,13H,4-5,15H2,1-3H3. The van der Waals surface area contributed by atoms with Crippen LogP contribution in [0.25, 0.3) is 0 Å². The lowest BCUT2D eigenvalue weighted by atomic mass is 10.1. The lowest BCUT2D eigenvalue weighted by Crippen LogP contribution is -2.28. The molecule has 0 aliphatic rings. The topological polar surface area (TPSA) is 61.5 Å². The van der Waals surface area contributed by atoms with Crippen LogP contribution in [0, 0.1) is 0 Å². The van der Waals surface area contributed by atoms with Gasteiger partial charge in [0.1, 0.15) is 5.75 Å². The lowest BCUT2D eigenvalue weighted by Gasteiger charge is -2.17. The van der Waals surface area contributed by atoms with Gasteiger partial charge in [0.2, 0.25) is 0 Å². The molecule has 1 aromatic carbocycles. The van der Waals surface area contributed by atoms with Crippen LogP contribution in [-0.4, -0.2) is 18.7 Å². The minimum Gasteiger partial charge on any atom is -0.479 e. The molecule has 0 saturated carbocycles. The summed E-state index contributed by atoms with van der Waals surface area (Å²) in [5.41, 5.74) is 6.78. The highest BCUT2D eigenvalue weighted by Crippen LogP contribution is 2.19. The lowest BCUT2D eigenvalue weighted by molar-refractivity contribution is -0.151. The number of hydrogen-bond donors (Lipinski definition) is 1. The minimum absolute atomic E-state index is 0.0591. The van der Waals surface area contributed by atoms with Crippen molar-refractivity contribution in [2.45, 2.75) is 39.3 Å². The van der Waals surface area contributed by atoms with Crippen molar-refractivity contribution in [1.29, 1.82) is 0 Å². The summed E-state index contributed by atoms with van der Waals surface area (Å²) >= 11 is 0. The molecular weight excluding hydrogens is 230 g/mol. The second-order valence-electron chi connectivity index (χ2n) is 4.13. The number of ether oxygens (including phenoxy) is 2. The van der Waals surface area contributed by atoms with Crippen LogP contribution >= 0.6 is 0 Å². The maximum Gasteiger partial charge on any atom is 0.347 e. The molecule has 2 unspecified atom stereocenters. The molecule has 2 N–H and O–H groups in total. The Bertz CT molecular complexity index is 390. The van der Waals surface area contributed by atoms with Gasteiger partial charge in [-0.1, -0.05) is 19.1 Å². The second kappa shape index (κ2) is 7.01. The third kappa shape index (κ3) is 4.04. The van der Waals surface area contributed by atoms with E-state index in [2.05, 4.69) is 0 Å². The van der Waals surface area contributed by atoms with Crippen molar-refractivity contribution in [1.82, 2.24) is 0 Å². The van der Waals surface area contributed by atoms with Gasteiger partial charge in [-0.05, 0) is 38.0 Å². The summed E-state index contributed by atoms with van der Waals surface area (Å²) in [5.74, 6) is 0.316. The van der Waals surface area contributed by atoms with Crippen molar-refractivity contribution < 1.29 is 14.3 Å². The molecule has 2 atom stereocenters. The van der Waals surface area contributed by atoms with Crippen LogP contribution in [0.5, 0.6) is 5.75 Å². The highest BCUT2D eigenvalue weighted by atomic mass is 16.6. The molecule has 0 spiro atoms. The highest BCUT2D eigenvalue weighted by Gasteiger charge is 2.19. The molecular formula is C14H21NO3. The molecule has 1 aromatic rings. The predicted molar refractivity (Wildman–Crippen MR) is 70.4 cm³/mol. The van der Waals surface area contributed by atoms with Crippen LogP contribution < -0.4 is 10.5 Å². The molecule has 4 nitrogen and oxygen atoms in total. The van der Waals surface area contributed by atoms with E-state index in [1.54, 1.807) is 6.92 Å². The fourth-order valence-corrected chi connectivity index (χ4v) is 1.57. The summed E-state index contributed by atoms with van der Waals surface area (Å²) in [6, 6.07) is 7.41. The van der Waals surface area contributed by atoms with E-state index in [9.17, 15) is 4.79 Å². The smallest absolute Gasteiger partial charge is 0.347 e. The van der Waals surface area contributed by atoms with Crippen molar-refractivity contribution >= 4 is 5.97 Å². The Kier molecular flexibility index (Phi) is 5.65. The number of nitrogens with two attached hydrogens (primary N) is 1. The van der Waals surface area contributed by atoms with Crippen LogP contribution in [0.15, 0.2) is 24.3 Å². The monoisotopic (exact) mass is 251 g/mol. The summed E-state index contributed by atoms with van der Waals surface area (Å²) in [4.78, 5) is 11.6. The summed E-state index contributed by atoms with van der Waals surface area (Å²) < 4.78 is 10.6. The number of benzene rings is 1. The summed E-state index contributed by atoms with van der Waals surface area (Å²) in [5, 5.41) is 0. The first-order valence-corrected chi connectivity index (χ1v) is 6.27. The van der Waals surface area contributed by atoms with E-state index in [1.807, 2.05) is 38.1 Å². The number of carbonyl (C=O) groups is 1. The number of esters is 1. The Hall–Kier alpha value is -1.55. The molecule has 0 amide bonds. The van der Waals surface area contributed by atoms with Gasteiger partial charge in [-0.25, -0.2) is 4.79 Å². The minimum atomic E-state index is -0.562. The third-order valence-electron chi connectivity index (χ3n) is 2.58. The van der Waals surface area contributed by atoms with Gasteiger partial charge in [0.15, 0.2) is 6.10 Å². The molecule has 0 heterocycles. The average Bonchev–Trinajstić information content (AvgIpc) is 2.36. The SMILES string of the molecule is CCOC(=O)C(CC)Oc1cccc(C(C)N)c1. The van der Waals surface area contributed by atoms with E-state index < -0.39 is 6.10 Å². The molecule has 100 valence electrons. The van der Waals surface area contributed by atoms with Gasteiger partial charge in [-0.15, -0.1) is 0 Å². The van der Waals surface area contributed by atoms with Crippen molar-refractivity contribution in [2.75, 3.05) is 6.61 Å². The van der Waals surface area contributed by atoms with Crippen LogP contribution in [0.2, 0.25) is 0 Å². The third-order valence-corrected chi connectivity index (χ3v) is 2.58. The first-order chi connectivity index (χ1) is 8.58. The van der Waals surface area contributed by atoms with E-state index in [0.29, 0.717) is 18.8 Å². The van der Waals surface area contributed by atoms with Gasteiger partial charge >= 0.3 is 5.97 Å². The molecule has 4 heteroatoms. The van der Waals surface area contributed by atoms with Crippen molar-refractivity contribution in [3.63, 3.8) is 0 Å². The van der Waals surface area contributed by atoms with Crippen LogP contribution in [0.1, 0.15) is 38.8 Å². The molecule has 0 bridgehead atoms. The van der Waals surface area contributed by atoms with Gasteiger partial charge in [-0.2, -0.15) is 0 Å². The Morgan fingerprint density at radius 2 is 2.11 bits per heavy atom. The highest BCUT2D eigenvalue weighted by molar-refractivity contribution is 5.75. The summed E-state index contributed by atoms with van der Waals surface area (Å²) in [6.07, 6.45) is 0.00890. The van der Waals surface area contributed by atoms with Gasteiger partial charge in [0.25, 0.3) is 0 Å². The number of rotatable bonds is 6. The zero-order valence-electron chi connectivity index (χ0n) is 11.2. The van der Waals surface area contributed by atoms with E-state index in [4.69, 9.17) is 15.2 Å². The molecule has 0 aliphatic carbocycles. The normalized spacial score (nSPS) is 13.8. The van der Waals surface area contributed by atoms with Gasteiger partial charge in [0.05, 0.1) is 6.61 Å². The fraction of sp³-hybridized carbons (Fsp3) is 0.500. The van der Waals surface area contributed by atoms with Crippen molar-refractivity contribution in [2.24, 2.45) is 5.73 Å². The van der Waals surface area contributed by atoms with Crippen molar-refractivity contribution in [3.8, 4) is 5.75 Å². The Morgan fingerprint density at radius 1 is 1.39 bits per heavy atom. The molecule has 0 aliphatic heterocycles. The maximum atomic E-state index is 11.6. The predicted octanol–water partition coefficient (Wildman–Crippen LogP) is 2.43. The quantitative estimate of drug-likeness (QED) is 0.789. The first kappa shape index (κ1) is 14.5. The van der Waals surface area contributed by atoms with Gasteiger partial charge < -0.3 is 15.2 Å². The zero-order chi connectivity index (χ0) is 13.5. The van der Waals surface area contributed by atoms with Gasteiger partial charge in [0, 0.05) is 6.04 Å². The van der Waals surface area contributed by atoms with E-state index in [-0.39, 0.29) is 12.0 Å². The van der Waals surface area contributed by atoms with Crippen LogP contribution in [0.3, 0.4) is 0 Å². The summed E-state index contributed by atoms with van der Waals surface area (Å²) in [6.45, 7) is 5.93. The molecule has 0 aromatic heterocycles. The first-order valence-electron chi connectivity index (χ1n) is 6.27. The molecule has 18 heavy (non-hydrogen) atoms. The number of carbonyl (C=O) groups excluding carboxylic acids is 1. The van der Waals surface area contributed by atoms with E-state index in [0.717, 1.165) is 5.56 Å². The summed E-state index contributed by atoms with van der Waals surface area (Å²) in [7, 11) is 0. The van der Waals surface area contributed by atoms with Crippen LogP contribution in [0.4, 0.5) is 0 Å². The Balaban J connectivity index is 2.75. The fourth-order valence-electron chi connectivity index (χ4n) is 1.57. The maximum absolute atomic E-state index is 11.6. The molecule has 1 rings (SSSR count). The second-order valence-corrected chi connectivity index (χ2v) is 4.13. The Labute approximate surface area is 108 Å². The zero-order valence-corrected chi connectivity index (χ0v) is 11.2. The van der Waals surface area contributed by atoms with Crippen molar-refractivity contribution in [3.05, 3.63) is 29.8 Å². The number of hydrogen-bond acceptors (Lipinski definition) is 4. The van der Waals surface area contributed by atoms with Gasteiger partial charge in [-0.3, -0.25) is 0 Å². The average molecular weight is 251 g/mol. The molecule has 0 saturated heterocycles. The Morgan fingerprint density at radius 3 is 2.67 bits per heavy atom. The molecule has 0 fully saturated rings. The van der Waals surface area contributed by atoms with E-state index in [1.165, 1.54) is 0 Å². The largest absolute Gasteiger partial charge is 0.479 e. The molecule has 0 radical (unpaired) electrons.